The van der Waals surface area contributed by atoms with E-state index in [9.17, 15) is 22.8 Å². The number of nitrogens with one attached hydrogen (secondary N) is 1. The van der Waals surface area contributed by atoms with Crippen LogP contribution in [0, 0.1) is 0 Å². The Morgan fingerprint density at radius 2 is 2.08 bits per heavy atom. The third-order valence-electron chi connectivity index (χ3n) is 3.74. The Morgan fingerprint density at radius 1 is 1.31 bits per heavy atom. The molecule has 0 spiro atoms. The molecule has 0 bridgehead atoms. The quantitative estimate of drug-likeness (QED) is 0.722. The zero-order valence-electron chi connectivity index (χ0n) is 13.6. The van der Waals surface area contributed by atoms with E-state index >= 15 is 0 Å². The number of aromatic nitrogens is 3. The molecule has 3 aromatic rings. The first-order valence-electron chi connectivity index (χ1n) is 7.73. The van der Waals surface area contributed by atoms with Gasteiger partial charge in [-0.3, -0.25) is 9.89 Å². The van der Waals surface area contributed by atoms with Crippen molar-refractivity contribution in [2.45, 2.75) is 19.5 Å². The average Bonchev–Trinajstić information content (AvgIpc) is 3.06. The third-order valence-corrected chi connectivity index (χ3v) is 3.74. The van der Waals surface area contributed by atoms with Gasteiger partial charge >= 0.3 is 12.1 Å². The first kappa shape index (κ1) is 17.7. The van der Waals surface area contributed by atoms with Gasteiger partial charge in [-0.1, -0.05) is 18.2 Å². The molecular weight excluding hydrogens is 351 g/mol. The molecule has 0 aliphatic rings. The van der Waals surface area contributed by atoms with Gasteiger partial charge in [0.25, 0.3) is 5.56 Å². The van der Waals surface area contributed by atoms with Crippen molar-refractivity contribution in [3.8, 4) is 0 Å². The van der Waals surface area contributed by atoms with Gasteiger partial charge in [0.05, 0.1) is 17.7 Å². The molecule has 2 aromatic heterocycles. The van der Waals surface area contributed by atoms with Crippen LogP contribution in [0.2, 0.25) is 0 Å². The number of halogens is 3. The van der Waals surface area contributed by atoms with E-state index in [2.05, 4.69) is 10.1 Å². The third kappa shape index (κ3) is 3.32. The highest BCUT2D eigenvalue weighted by molar-refractivity contribution is 5.89. The molecule has 26 heavy (non-hydrogen) atoms. The number of H-pyrrole nitrogens is 1. The van der Waals surface area contributed by atoms with Crippen LogP contribution in [0.5, 0.6) is 0 Å². The van der Waals surface area contributed by atoms with Crippen LogP contribution in [0.3, 0.4) is 0 Å². The number of hydrogen-bond acceptors (Lipinski definition) is 4. The van der Waals surface area contributed by atoms with E-state index in [0.29, 0.717) is 0 Å². The number of alkyl halides is 3. The Bertz CT molecular complexity index is 1020. The second-order valence-electron chi connectivity index (χ2n) is 5.50. The normalized spacial score (nSPS) is 11.7. The number of fused-ring (bicyclic) bond motifs is 1. The van der Waals surface area contributed by atoms with Gasteiger partial charge in [-0.15, -0.1) is 0 Å². The van der Waals surface area contributed by atoms with Gasteiger partial charge in [-0.2, -0.15) is 13.2 Å². The number of carbonyl (C=O) groups excluding carboxylic acids is 1. The molecule has 0 aliphatic heterocycles. The Kier molecular flexibility index (Phi) is 4.54. The van der Waals surface area contributed by atoms with Crippen LogP contribution < -0.4 is 5.56 Å². The molecule has 0 unspecified atom stereocenters. The molecule has 1 aromatic carbocycles. The first-order valence-corrected chi connectivity index (χ1v) is 7.73. The summed E-state index contributed by atoms with van der Waals surface area (Å²) < 4.78 is 44.8. The monoisotopic (exact) mass is 365 g/mol. The van der Waals surface area contributed by atoms with Crippen LogP contribution in [0.1, 0.15) is 34.1 Å². The lowest BCUT2D eigenvalue weighted by atomic mass is 10.0. The lowest BCUT2D eigenvalue weighted by molar-refractivity contribution is -0.137. The molecule has 0 amide bonds. The summed E-state index contributed by atoms with van der Waals surface area (Å²) in [5, 5.41) is 2.66. The van der Waals surface area contributed by atoms with Crippen LogP contribution in [-0.2, 0) is 17.3 Å². The predicted octanol–water partition coefficient (Wildman–Crippen LogP) is 2.81. The van der Waals surface area contributed by atoms with E-state index in [4.69, 9.17) is 4.74 Å². The van der Waals surface area contributed by atoms with E-state index in [1.807, 2.05) is 0 Å². The van der Waals surface area contributed by atoms with Crippen molar-refractivity contribution < 1.29 is 22.7 Å². The summed E-state index contributed by atoms with van der Waals surface area (Å²) in [7, 11) is 0. The molecule has 0 fully saturated rings. The van der Waals surface area contributed by atoms with E-state index in [0.717, 1.165) is 16.6 Å². The molecule has 136 valence electrons. The number of ether oxygens (including phenoxy) is 1. The fourth-order valence-corrected chi connectivity index (χ4v) is 2.58. The molecule has 6 nitrogen and oxygen atoms in total. The number of aromatic amines is 1. The minimum atomic E-state index is -4.50. The Labute approximate surface area is 145 Å². The first-order chi connectivity index (χ1) is 12.3. The van der Waals surface area contributed by atoms with E-state index < -0.39 is 23.3 Å². The second-order valence-corrected chi connectivity index (χ2v) is 5.50. The molecule has 0 aliphatic carbocycles. The minimum Gasteiger partial charge on any atom is -0.461 e. The summed E-state index contributed by atoms with van der Waals surface area (Å²) in [6, 6.07) is 6.08. The zero-order chi connectivity index (χ0) is 18.9. The summed E-state index contributed by atoms with van der Waals surface area (Å²) >= 11 is 0. The molecule has 0 radical (unpaired) electrons. The van der Waals surface area contributed by atoms with Gasteiger partial charge in [0.2, 0.25) is 0 Å². The van der Waals surface area contributed by atoms with Gasteiger partial charge in [0.15, 0.2) is 11.3 Å². The summed E-state index contributed by atoms with van der Waals surface area (Å²) in [5.41, 5.74) is -1.19. The van der Waals surface area contributed by atoms with Crippen molar-refractivity contribution in [3.05, 3.63) is 69.3 Å². The predicted molar refractivity (Wildman–Crippen MR) is 86.0 cm³/mol. The maximum atomic E-state index is 12.9. The largest absolute Gasteiger partial charge is 0.461 e. The summed E-state index contributed by atoms with van der Waals surface area (Å²) in [5.74, 6) is -0.796. The van der Waals surface area contributed by atoms with Crippen molar-refractivity contribution in [2.24, 2.45) is 0 Å². The van der Waals surface area contributed by atoms with E-state index in [1.54, 1.807) is 6.92 Å². The Hall–Kier alpha value is -3.10. The lowest BCUT2D eigenvalue weighted by Gasteiger charge is -2.11. The molecule has 9 heteroatoms. The van der Waals surface area contributed by atoms with Crippen molar-refractivity contribution in [1.29, 1.82) is 0 Å². The number of benzene rings is 1. The smallest absolute Gasteiger partial charge is 0.416 e. The highest BCUT2D eigenvalue weighted by Crippen LogP contribution is 2.30. The average molecular weight is 365 g/mol. The van der Waals surface area contributed by atoms with Gasteiger partial charge in [-0.25, -0.2) is 14.3 Å². The van der Waals surface area contributed by atoms with E-state index in [1.165, 1.54) is 24.4 Å². The van der Waals surface area contributed by atoms with Crippen LogP contribution in [0.4, 0.5) is 13.2 Å². The van der Waals surface area contributed by atoms with Gasteiger partial charge in [-0.05, 0) is 18.6 Å². The van der Waals surface area contributed by atoms with Crippen LogP contribution in [0.15, 0.2) is 41.3 Å². The van der Waals surface area contributed by atoms with Crippen LogP contribution >= 0.6 is 0 Å². The van der Waals surface area contributed by atoms with Gasteiger partial charge in [0, 0.05) is 18.7 Å². The SMILES string of the molecule is CCOC(=O)c1nc2cc[nH]n2c(=O)c1Cc1cccc(C(F)(F)F)c1. The van der Waals surface area contributed by atoms with Crippen LogP contribution in [-0.4, -0.2) is 27.2 Å². The highest BCUT2D eigenvalue weighted by atomic mass is 19.4. The summed E-state index contributed by atoms with van der Waals surface area (Å²) in [4.78, 5) is 29.0. The molecule has 3 rings (SSSR count). The molecule has 1 N–H and O–H groups in total. The molecule has 0 atom stereocenters. The summed E-state index contributed by atoms with van der Waals surface area (Å²) in [6.07, 6.45) is -3.23. The number of carbonyl (C=O) groups is 1. The number of rotatable bonds is 4. The molecule has 0 saturated carbocycles. The highest BCUT2D eigenvalue weighted by Gasteiger charge is 2.30. The second kappa shape index (κ2) is 6.66. The molecular formula is C17H14F3N3O3. The van der Waals surface area contributed by atoms with Gasteiger partial charge in [0.1, 0.15) is 0 Å². The number of nitrogens with zero attached hydrogens (tertiary/aromatic N) is 2. The maximum Gasteiger partial charge on any atom is 0.416 e. The van der Waals surface area contributed by atoms with Crippen molar-refractivity contribution in [3.63, 3.8) is 0 Å². The van der Waals surface area contributed by atoms with Crippen molar-refractivity contribution in [1.82, 2.24) is 14.6 Å². The molecule has 0 saturated heterocycles. The zero-order valence-corrected chi connectivity index (χ0v) is 13.6. The Morgan fingerprint density at radius 3 is 2.77 bits per heavy atom. The standard InChI is InChI=1S/C17H14F3N3O3/c1-2-26-16(25)14-12(15(24)23-13(22-14)6-7-21-23)9-10-4-3-5-11(8-10)17(18,19)20/h3-8,21H,2,9H2,1H3. The number of hydrogen-bond donors (Lipinski definition) is 1. The lowest BCUT2D eigenvalue weighted by Crippen LogP contribution is -2.26. The molecule has 2 heterocycles. The summed E-state index contributed by atoms with van der Waals surface area (Å²) in [6.45, 7) is 1.68. The van der Waals surface area contributed by atoms with Gasteiger partial charge < -0.3 is 4.74 Å². The fourth-order valence-electron chi connectivity index (χ4n) is 2.58. The number of esters is 1. The van der Waals surface area contributed by atoms with E-state index in [-0.39, 0.29) is 35.5 Å². The van der Waals surface area contributed by atoms with Crippen molar-refractivity contribution in [2.75, 3.05) is 6.61 Å². The Balaban J connectivity index is 2.12. The topological polar surface area (TPSA) is 76.5 Å². The fraction of sp³-hybridized carbons (Fsp3) is 0.235. The van der Waals surface area contributed by atoms with Crippen molar-refractivity contribution >= 4 is 11.6 Å². The van der Waals surface area contributed by atoms with Crippen LogP contribution in [0.25, 0.3) is 5.65 Å². The maximum absolute atomic E-state index is 12.9. The minimum absolute atomic E-state index is 0.0391.